The Morgan fingerprint density at radius 1 is 0.675 bits per heavy atom. The topological polar surface area (TPSA) is 102 Å². The molecule has 222 valence electrons. The molecule has 2 unspecified atom stereocenters. The molecule has 2 aromatic rings. The molecule has 2 heterocycles. The molecule has 0 aromatic carbocycles. The Hall–Kier alpha value is -2.84. The number of hydrogen-bond donors (Lipinski definition) is 2. The molecule has 8 nitrogen and oxygen atoms in total. The molecule has 2 aromatic heterocycles. The van der Waals surface area contributed by atoms with Crippen LogP contribution < -0.4 is 10.6 Å². The van der Waals surface area contributed by atoms with Crippen LogP contribution in [0.4, 0.5) is 0 Å². The molecular weight excluding hydrogens is 504 g/mol. The summed E-state index contributed by atoms with van der Waals surface area (Å²) in [5.41, 5.74) is 0.138. The number of nitrogens with zero attached hydrogens (tertiary/aromatic N) is 2. The number of pyridine rings is 2. The second kappa shape index (κ2) is 18.5. The van der Waals surface area contributed by atoms with Crippen molar-refractivity contribution >= 4 is 11.9 Å². The van der Waals surface area contributed by atoms with Crippen LogP contribution in [0.2, 0.25) is 0 Å². The Kier molecular flexibility index (Phi) is 15.4. The monoisotopic (exact) mass is 554 g/mol. The molecule has 0 saturated heterocycles. The zero-order chi connectivity index (χ0) is 29.1. The van der Waals surface area contributed by atoms with Crippen LogP contribution in [0.15, 0.2) is 48.8 Å². The fourth-order valence-electron chi connectivity index (χ4n) is 4.65. The number of aromatic nitrogens is 2. The molecule has 0 saturated carbocycles. The standard InChI is InChI=1S/C32H50N4O4/c1-5-7-9-15-23-39-29(37)25-31(3,27-17-11-13-19-33-27)35-21-22-36-32(4,28-18-12-14-20-34-28)26-30(38)40-24-16-10-8-6-2/h11-14,17-20,35-36H,5-10,15-16,21-26H2,1-4H3. The lowest BCUT2D eigenvalue weighted by Crippen LogP contribution is -2.49. The highest BCUT2D eigenvalue weighted by atomic mass is 16.5. The molecule has 0 spiro atoms. The van der Waals surface area contributed by atoms with Crippen LogP contribution in [0.5, 0.6) is 0 Å². The lowest BCUT2D eigenvalue weighted by Gasteiger charge is -2.32. The molecule has 0 fully saturated rings. The maximum atomic E-state index is 12.7. The van der Waals surface area contributed by atoms with Crippen LogP contribution >= 0.6 is 0 Å². The van der Waals surface area contributed by atoms with Gasteiger partial charge in [-0.25, -0.2) is 0 Å². The smallest absolute Gasteiger partial charge is 0.308 e. The van der Waals surface area contributed by atoms with E-state index in [9.17, 15) is 9.59 Å². The third kappa shape index (κ3) is 12.1. The summed E-state index contributed by atoms with van der Waals surface area (Å²) >= 11 is 0. The van der Waals surface area contributed by atoms with Crippen LogP contribution in [0.1, 0.15) is 103 Å². The van der Waals surface area contributed by atoms with E-state index in [1.54, 1.807) is 12.4 Å². The van der Waals surface area contributed by atoms with E-state index in [-0.39, 0.29) is 24.8 Å². The van der Waals surface area contributed by atoms with Gasteiger partial charge in [-0.3, -0.25) is 19.6 Å². The Labute approximate surface area is 241 Å². The largest absolute Gasteiger partial charge is 0.466 e. The van der Waals surface area contributed by atoms with Crippen molar-refractivity contribution in [3.05, 3.63) is 60.2 Å². The zero-order valence-electron chi connectivity index (χ0n) is 25.0. The van der Waals surface area contributed by atoms with Gasteiger partial charge in [0, 0.05) is 25.5 Å². The molecule has 0 bridgehead atoms. The first-order chi connectivity index (χ1) is 19.3. The zero-order valence-corrected chi connectivity index (χ0v) is 25.0. The Balaban J connectivity index is 1.99. The van der Waals surface area contributed by atoms with Crippen molar-refractivity contribution in [3.8, 4) is 0 Å². The average Bonchev–Trinajstić information content (AvgIpc) is 2.96. The molecule has 0 aliphatic carbocycles. The SMILES string of the molecule is CCCCCCOC(=O)CC(C)(NCCNC(C)(CC(=O)OCCCCCC)c1ccccn1)c1ccccn1. The van der Waals surface area contributed by atoms with Crippen molar-refractivity contribution in [2.24, 2.45) is 0 Å². The molecule has 2 N–H and O–H groups in total. The Morgan fingerprint density at radius 3 is 1.45 bits per heavy atom. The quantitative estimate of drug-likeness (QED) is 0.147. The van der Waals surface area contributed by atoms with Crippen LogP contribution in [0.3, 0.4) is 0 Å². The summed E-state index contributed by atoms with van der Waals surface area (Å²) in [7, 11) is 0. The van der Waals surface area contributed by atoms with Crippen molar-refractivity contribution < 1.29 is 19.1 Å². The van der Waals surface area contributed by atoms with Gasteiger partial charge < -0.3 is 20.1 Å². The van der Waals surface area contributed by atoms with Crippen molar-refractivity contribution in [1.29, 1.82) is 0 Å². The minimum Gasteiger partial charge on any atom is -0.466 e. The number of carbonyl (C=O) groups is 2. The van der Waals surface area contributed by atoms with Gasteiger partial charge in [-0.05, 0) is 51.0 Å². The van der Waals surface area contributed by atoms with E-state index in [0.29, 0.717) is 26.3 Å². The van der Waals surface area contributed by atoms with Crippen LogP contribution in [0.25, 0.3) is 0 Å². The maximum Gasteiger partial charge on any atom is 0.308 e. The molecule has 0 aliphatic rings. The fraction of sp³-hybridized carbons (Fsp3) is 0.625. The van der Waals surface area contributed by atoms with Crippen LogP contribution in [0, 0.1) is 0 Å². The Bertz CT molecular complexity index is 896. The lowest BCUT2D eigenvalue weighted by molar-refractivity contribution is -0.146. The average molecular weight is 555 g/mol. The van der Waals surface area contributed by atoms with Gasteiger partial charge in [-0.15, -0.1) is 0 Å². The van der Waals surface area contributed by atoms with Gasteiger partial charge in [0.05, 0.1) is 48.5 Å². The molecule has 0 amide bonds. The number of ether oxygens (including phenoxy) is 2. The van der Waals surface area contributed by atoms with Crippen LogP contribution in [-0.2, 0) is 30.1 Å². The molecule has 8 heteroatoms. The third-order valence-corrected chi connectivity index (χ3v) is 7.13. The van der Waals surface area contributed by atoms with E-state index in [0.717, 1.165) is 62.8 Å². The van der Waals surface area contributed by atoms with Crippen molar-refractivity contribution in [2.45, 2.75) is 103 Å². The highest BCUT2D eigenvalue weighted by Crippen LogP contribution is 2.25. The lowest BCUT2D eigenvalue weighted by atomic mass is 9.92. The highest BCUT2D eigenvalue weighted by molar-refractivity contribution is 5.71. The summed E-state index contributed by atoms with van der Waals surface area (Å²) in [6.07, 6.45) is 12.3. The van der Waals surface area contributed by atoms with E-state index in [1.807, 2.05) is 50.2 Å². The van der Waals surface area contributed by atoms with Gasteiger partial charge in [0.15, 0.2) is 0 Å². The van der Waals surface area contributed by atoms with Crippen molar-refractivity contribution in [2.75, 3.05) is 26.3 Å². The number of hydrogen-bond acceptors (Lipinski definition) is 8. The highest BCUT2D eigenvalue weighted by Gasteiger charge is 2.33. The van der Waals surface area contributed by atoms with E-state index >= 15 is 0 Å². The van der Waals surface area contributed by atoms with Gasteiger partial charge >= 0.3 is 11.9 Å². The first-order valence-corrected chi connectivity index (χ1v) is 15.0. The van der Waals surface area contributed by atoms with Crippen molar-refractivity contribution in [3.63, 3.8) is 0 Å². The number of unbranched alkanes of at least 4 members (excludes halogenated alkanes) is 6. The van der Waals surface area contributed by atoms with Gasteiger partial charge in [0.2, 0.25) is 0 Å². The summed E-state index contributed by atoms with van der Waals surface area (Å²) < 4.78 is 11.1. The minimum absolute atomic E-state index is 0.166. The first kappa shape index (κ1) is 33.4. The van der Waals surface area contributed by atoms with E-state index in [1.165, 1.54) is 0 Å². The molecule has 2 rings (SSSR count). The van der Waals surface area contributed by atoms with Gasteiger partial charge in [-0.1, -0.05) is 64.5 Å². The number of carbonyl (C=O) groups excluding carboxylic acids is 2. The number of nitrogens with one attached hydrogen (secondary N) is 2. The third-order valence-electron chi connectivity index (χ3n) is 7.13. The molecule has 2 atom stereocenters. The predicted octanol–water partition coefficient (Wildman–Crippen LogP) is 5.81. The van der Waals surface area contributed by atoms with E-state index in [2.05, 4.69) is 34.4 Å². The first-order valence-electron chi connectivity index (χ1n) is 15.0. The predicted molar refractivity (Wildman–Crippen MR) is 159 cm³/mol. The van der Waals surface area contributed by atoms with Crippen molar-refractivity contribution in [1.82, 2.24) is 20.6 Å². The Morgan fingerprint density at radius 2 is 1.10 bits per heavy atom. The maximum absolute atomic E-state index is 12.7. The summed E-state index contributed by atoms with van der Waals surface area (Å²) in [4.78, 5) is 34.5. The summed E-state index contributed by atoms with van der Waals surface area (Å²) in [5, 5.41) is 7.05. The van der Waals surface area contributed by atoms with E-state index < -0.39 is 11.1 Å². The molecule has 0 radical (unpaired) electrons. The summed E-state index contributed by atoms with van der Waals surface area (Å²) in [6.45, 7) is 10.2. The normalized spacial score (nSPS) is 14.2. The van der Waals surface area contributed by atoms with Gasteiger partial charge in [0.1, 0.15) is 0 Å². The van der Waals surface area contributed by atoms with Gasteiger partial charge in [0.25, 0.3) is 0 Å². The van der Waals surface area contributed by atoms with Crippen LogP contribution in [-0.4, -0.2) is 48.2 Å². The van der Waals surface area contributed by atoms with E-state index in [4.69, 9.17) is 9.47 Å². The molecule has 40 heavy (non-hydrogen) atoms. The summed E-state index contributed by atoms with van der Waals surface area (Å²) in [5.74, 6) is -0.491. The fourth-order valence-corrected chi connectivity index (χ4v) is 4.65. The minimum atomic E-state index is -0.706. The molecular formula is C32H50N4O4. The number of esters is 2. The number of rotatable bonds is 21. The molecule has 0 aliphatic heterocycles. The second-order valence-electron chi connectivity index (χ2n) is 10.9. The van der Waals surface area contributed by atoms with Gasteiger partial charge in [-0.2, -0.15) is 0 Å². The second-order valence-corrected chi connectivity index (χ2v) is 10.9. The summed E-state index contributed by atoms with van der Waals surface area (Å²) in [6, 6.07) is 11.4.